The molecule has 0 spiro atoms. The third kappa shape index (κ3) is 6.64. The Labute approximate surface area is 466 Å². The second kappa shape index (κ2) is 16.4. The van der Waals surface area contributed by atoms with Crippen molar-refractivity contribution in [3.05, 3.63) is 203 Å². The van der Waals surface area contributed by atoms with E-state index in [1.165, 1.54) is 130 Å². The zero-order valence-corrected chi connectivity index (χ0v) is 48.8. The predicted molar refractivity (Wildman–Crippen MR) is 334 cm³/mol. The molecule has 4 atom stereocenters. The van der Waals surface area contributed by atoms with E-state index in [9.17, 15) is 0 Å². The number of hydrogen-bond donors (Lipinski definition) is 0. The molecule has 1 saturated carbocycles. The molecular formula is C74H78BN3. The number of aryl methyl sites for hydroxylation is 1. The summed E-state index contributed by atoms with van der Waals surface area (Å²) in [5, 5.41) is 0. The van der Waals surface area contributed by atoms with E-state index in [4.69, 9.17) is 0 Å². The number of rotatable bonds is 4. The highest BCUT2D eigenvalue weighted by molar-refractivity contribution is 7.00. The molecule has 14 rings (SSSR count). The molecule has 8 aromatic rings. The van der Waals surface area contributed by atoms with Gasteiger partial charge >= 0.3 is 0 Å². The number of fused-ring (bicyclic) bond motifs is 12. The van der Waals surface area contributed by atoms with Crippen LogP contribution in [0.1, 0.15) is 161 Å². The van der Waals surface area contributed by atoms with Crippen LogP contribution in [0.2, 0.25) is 0 Å². The Hall–Kier alpha value is -6.78. The summed E-state index contributed by atoms with van der Waals surface area (Å²) in [6.45, 7) is 32.0. The van der Waals surface area contributed by atoms with Gasteiger partial charge in [-0.15, -0.1) is 0 Å². The van der Waals surface area contributed by atoms with E-state index in [1.807, 2.05) is 0 Å². The van der Waals surface area contributed by atoms with Crippen molar-refractivity contribution in [2.24, 2.45) is 0 Å². The molecule has 2 aliphatic carbocycles. The SMILES string of the molecule is CC(C)(C)c1ccc2c(c1)B1c3cc(C(C)(C)C)cc4c3N(c3cc(N5c6ccc(-c7ccccc7)cc6C6(C)CCCCC56C)cc(c31)N2c1ccc(C(C)(C)C)cc1-c1ccccc1)C1(C)c2ccccc2CCC41C. The topological polar surface area (TPSA) is 9.72 Å². The van der Waals surface area contributed by atoms with Crippen LogP contribution in [0.4, 0.5) is 39.8 Å². The summed E-state index contributed by atoms with van der Waals surface area (Å²) in [6.07, 6.45) is 6.88. The Morgan fingerprint density at radius 2 is 1.03 bits per heavy atom. The Kier molecular flexibility index (Phi) is 10.4. The minimum atomic E-state index is -0.383. The van der Waals surface area contributed by atoms with E-state index in [0.29, 0.717) is 0 Å². The molecule has 0 bridgehead atoms. The minimum Gasteiger partial charge on any atom is -0.334 e. The number of anilines is 7. The van der Waals surface area contributed by atoms with Crippen molar-refractivity contribution in [3.63, 3.8) is 0 Å². The molecule has 1 fully saturated rings. The predicted octanol–water partition coefficient (Wildman–Crippen LogP) is 17.5. The first-order valence-corrected chi connectivity index (χ1v) is 29.5. The zero-order valence-electron chi connectivity index (χ0n) is 48.8. The standard InChI is InChI=1S/C74H78BN3/c1-68(2,3)51-31-34-61(55(41-51)48-26-18-15-19-27-48)76-63-35-32-52(69(4,5)6)43-59(63)75-60-44-53(70(7,8)9)42-58-67(60)78(74(13)56-29-21-20-28-49(56)36-39-72(58,74)11)65-46-54(45-64(76)66(65)75)77-62-33-30-50(47-24-16-14-17-25-47)40-57(62)71(10)37-22-23-38-73(71,77)12/h14-21,24-35,40-46H,22-23,36-39H2,1-13H3. The average Bonchev–Trinajstić information content (AvgIpc) is 2.80. The van der Waals surface area contributed by atoms with Crippen molar-refractivity contribution in [2.45, 2.75) is 167 Å². The summed E-state index contributed by atoms with van der Waals surface area (Å²) in [6, 6.07) is 65.0. The quantitative estimate of drug-likeness (QED) is 0.163. The lowest BCUT2D eigenvalue weighted by atomic mass is 9.33. The molecule has 0 radical (unpaired) electrons. The second-order valence-electron chi connectivity index (χ2n) is 28.4. The number of hydrogen-bond acceptors (Lipinski definition) is 3. The van der Waals surface area contributed by atoms with Crippen LogP contribution in [-0.2, 0) is 39.0 Å². The van der Waals surface area contributed by atoms with Crippen molar-refractivity contribution in [2.75, 3.05) is 14.7 Å². The van der Waals surface area contributed by atoms with E-state index in [2.05, 4.69) is 269 Å². The van der Waals surface area contributed by atoms with Gasteiger partial charge in [0.25, 0.3) is 6.71 Å². The Morgan fingerprint density at radius 1 is 0.423 bits per heavy atom. The van der Waals surface area contributed by atoms with Crippen LogP contribution in [0.25, 0.3) is 22.3 Å². The van der Waals surface area contributed by atoms with Gasteiger partial charge in [-0.1, -0.05) is 210 Å². The van der Waals surface area contributed by atoms with Crippen LogP contribution >= 0.6 is 0 Å². The van der Waals surface area contributed by atoms with Gasteiger partial charge in [-0.25, -0.2) is 0 Å². The van der Waals surface area contributed by atoms with Gasteiger partial charge in [0.05, 0.1) is 16.8 Å². The van der Waals surface area contributed by atoms with E-state index in [0.717, 1.165) is 25.7 Å². The first-order valence-electron chi connectivity index (χ1n) is 29.5. The highest BCUT2D eigenvalue weighted by Crippen LogP contribution is 2.67. The number of benzene rings is 8. The molecule has 6 aliphatic rings. The van der Waals surface area contributed by atoms with Crippen LogP contribution in [0.5, 0.6) is 0 Å². The van der Waals surface area contributed by atoms with Gasteiger partial charge in [0.2, 0.25) is 0 Å². The van der Waals surface area contributed by atoms with Gasteiger partial charge in [-0.2, -0.15) is 0 Å². The Balaban J connectivity index is 1.15. The van der Waals surface area contributed by atoms with Crippen LogP contribution < -0.4 is 31.1 Å². The van der Waals surface area contributed by atoms with Crippen molar-refractivity contribution < 1.29 is 0 Å². The average molecular weight is 1020 g/mol. The van der Waals surface area contributed by atoms with E-state index in [-0.39, 0.29) is 44.9 Å². The normalized spacial score (nSPS) is 23.5. The van der Waals surface area contributed by atoms with Crippen molar-refractivity contribution >= 4 is 62.9 Å². The van der Waals surface area contributed by atoms with Crippen LogP contribution in [0.3, 0.4) is 0 Å². The lowest BCUT2D eigenvalue weighted by molar-refractivity contribution is 0.195. The molecular weight excluding hydrogens is 942 g/mol. The van der Waals surface area contributed by atoms with Crippen molar-refractivity contribution in [1.29, 1.82) is 0 Å². The third-order valence-electron chi connectivity index (χ3n) is 21.1. The van der Waals surface area contributed by atoms with Crippen molar-refractivity contribution in [3.8, 4) is 22.3 Å². The van der Waals surface area contributed by atoms with E-state index in [1.54, 1.807) is 0 Å². The maximum absolute atomic E-state index is 2.94. The fourth-order valence-corrected chi connectivity index (χ4v) is 16.2. The molecule has 4 unspecified atom stereocenters. The van der Waals surface area contributed by atoms with Gasteiger partial charge in [0, 0.05) is 50.5 Å². The summed E-state index contributed by atoms with van der Waals surface area (Å²) in [5.74, 6) is 0. The fraction of sp³-hybridized carbons (Fsp3) is 0.351. The second-order valence-corrected chi connectivity index (χ2v) is 28.4. The highest BCUT2D eigenvalue weighted by Gasteiger charge is 2.64. The molecule has 0 N–H and O–H groups in total. The highest BCUT2D eigenvalue weighted by atomic mass is 15.3. The maximum atomic E-state index is 2.94. The first kappa shape index (κ1) is 49.5. The lowest BCUT2D eigenvalue weighted by Gasteiger charge is -2.54. The zero-order chi connectivity index (χ0) is 54.3. The smallest absolute Gasteiger partial charge is 0.252 e. The third-order valence-corrected chi connectivity index (χ3v) is 21.1. The number of nitrogens with zero attached hydrogens (tertiary/aromatic N) is 3. The van der Waals surface area contributed by atoms with Crippen LogP contribution in [-0.4, -0.2) is 12.3 Å². The summed E-state index contributed by atoms with van der Waals surface area (Å²) >= 11 is 0. The van der Waals surface area contributed by atoms with Gasteiger partial charge < -0.3 is 14.7 Å². The minimum absolute atomic E-state index is 0.00338. The molecule has 0 aromatic heterocycles. The fourth-order valence-electron chi connectivity index (χ4n) is 16.2. The summed E-state index contributed by atoms with van der Waals surface area (Å²) < 4.78 is 0. The summed E-state index contributed by atoms with van der Waals surface area (Å²) in [7, 11) is 0. The molecule has 4 heteroatoms. The monoisotopic (exact) mass is 1020 g/mol. The molecule has 0 saturated heterocycles. The Morgan fingerprint density at radius 3 is 1.73 bits per heavy atom. The largest absolute Gasteiger partial charge is 0.334 e. The van der Waals surface area contributed by atoms with Gasteiger partial charge in [-0.05, 0) is 170 Å². The van der Waals surface area contributed by atoms with E-state index >= 15 is 0 Å². The summed E-state index contributed by atoms with van der Waals surface area (Å²) in [5.41, 5.74) is 27.7. The molecule has 392 valence electrons. The van der Waals surface area contributed by atoms with Gasteiger partial charge in [0.15, 0.2) is 0 Å². The molecule has 3 nitrogen and oxygen atoms in total. The Bertz CT molecular complexity index is 3800. The molecule has 0 amide bonds. The molecule has 4 heterocycles. The van der Waals surface area contributed by atoms with E-state index < -0.39 is 0 Å². The van der Waals surface area contributed by atoms with Crippen LogP contribution in [0.15, 0.2) is 164 Å². The molecule has 8 aromatic carbocycles. The van der Waals surface area contributed by atoms with Crippen LogP contribution in [0, 0.1) is 0 Å². The van der Waals surface area contributed by atoms with Gasteiger partial charge in [-0.3, -0.25) is 0 Å². The summed E-state index contributed by atoms with van der Waals surface area (Å²) in [4.78, 5) is 8.54. The molecule has 78 heavy (non-hydrogen) atoms. The van der Waals surface area contributed by atoms with Crippen molar-refractivity contribution in [1.82, 2.24) is 0 Å². The van der Waals surface area contributed by atoms with Gasteiger partial charge in [0.1, 0.15) is 0 Å². The molecule has 4 aliphatic heterocycles. The lowest BCUT2D eigenvalue weighted by Crippen LogP contribution is -2.64. The maximum Gasteiger partial charge on any atom is 0.252 e. The first-order chi connectivity index (χ1) is 37.1.